The van der Waals surface area contributed by atoms with E-state index in [-0.39, 0.29) is 0 Å². The minimum atomic E-state index is -1.18. The molecule has 1 unspecified atom stereocenters. The van der Waals surface area contributed by atoms with E-state index in [1.165, 1.54) is 0 Å². The molecule has 2 N–H and O–H groups in total. The number of carbonyl (C=O) groups excluding carboxylic acids is 2. The first-order valence-electron chi connectivity index (χ1n) is 7.37. The summed E-state index contributed by atoms with van der Waals surface area (Å²) in [6.45, 7) is 5.65. The van der Waals surface area contributed by atoms with Crippen molar-refractivity contribution in [3.05, 3.63) is 0 Å². The van der Waals surface area contributed by atoms with Gasteiger partial charge >= 0.3 is 5.97 Å². The number of carbonyl (C=O) groups is 2. The second-order valence-electron chi connectivity index (χ2n) is 6.20. The van der Waals surface area contributed by atoms with E-state index in [4.69, 9.17) is 10.5 Å². The van der Waals surface area contributed by atoms with Crippen molar-refractivity contribution in [2.75, 3.05) is 0 Å². The van der Waals surface area contributed by atoms with Crippen LogP contribution >= 0.6 is 0 Å². The molecule has 0 spiro atoms. The van der Waals surface area contributed by atoms with Gasteiger partial charge in [-0.25, -0.2) is 0 Å². The maximum Gasteiger partial charge on any atom is 0.321 e. The third-order valence-electron chi connectivity index (χ3n) is 4.28. The average Bonchev–Trinajstić information content (AvgIpc) is 2.75. The first kappa shape index (κ1) is 16.0. The van der Waals surface area contributed by atoms with Crippen LogP contribution in [0, 0.1) is 5.41 Å². The number of hydrogen-bond donors (Lipinski definition) is 1. The monoisotopic (exact) mass is 269 g/mol. The fourth-order valence-electron chi connectivity index (χ4n) is 2.62. The molecule has 0 aromatic carbocycles. The summed E-state index contributed by atoms with van der Waals surface area (Å²) in [6.07, 6.45) is 7.24. The Morgan fingerprint density at radius 2 is 1.84 bits per heavy atom. The van der Waals surface area contributed by atoms with Crippen molar-refractivity contribution < 1.29 is 14.3 Å². The van der Waals surface area contributed by atoms with E-state index in [2.05, 4.69) is 6.92 Å². The number of primary amides is 1. The van der Waals surface area contributed by atoms with Crippen molar-refractivity contribution in [1.29, 1.82) is 0 Å². The summed E-state index contributed by atoms with van der Waals surface area (Å²) in [5, 5.41) is 0. The van der Waals surface area contributed by atoms with E-state index < -0.39 is 22.9 Å². The molecule has 0 aromatic heterocycles. The van der Waals surface area contributed by atoms with Crippen LogP contribution in [0.1, 0.15) is 72.1 Å². The fourth-order valence-corrected chi connectivity index (χ4v) is 2.62. The Balaban J connectivity index is 2.69. The molecule has 1 atom stereocenters. The van der Waals surface area contributed by atoms with Gasteiger partial charge in [0.15, 0.2) is 0 Å². The highest BCUT2D eigenvalue weighted by Crippen LogP contribution is 2.36. The Labute approximate surface area is 116 Å². The van der Waals surface area contributed by atoms with Gasteiger partial charge in [0.05, 0.1) is 0 Å². The Hall–Kier alpha value is -1.06. The van der Waals surface area contributed by atoms with Gasteiger partial charge in [-0.2, -0.15) is 0 Å². The molecule has 1 rings (SSSR count). The molecule has 0 heterocycles. The number of esters is 1. The van der Waals surface area contributed by atoms with Crippen LogP contribution in [0.5, 0.6) is 0 Å². The predicted octanol–water partition coefficient (Wildman–Crippen LogP) is 2.93. The standard InChI is InChI=1S/C15H27NO3/c1-4-5-6-11-15(3,12(16)17)13(18)19-14(2)9-7-8-10-14/h4-11H2,1-3H3,(H2,16,17). The van der Waals surface area contributed by atoms with E-state index in [9.17, 15) is 9.59 Å². The lowest BCUT2D eigenvalue weighted by molar-refractivity contribution is -0.172. The van der Waals surface area contributed by atoms with Crippen molar-refractivity contribution in [3.8, 4) is 0 Å². The maximum absolute atomic E-state index is 12.3. The Kier molecular flexibility index (Phi) is 5.39. The quantitative estimate of drug-likeness (QED) is 0.439. The molecule has 1 amide bonds. The van der Waals surface area contributed by atoms with Crippen molar-refractivity contribution >= 4 is 11.9 Å². The number of hydrogen-bond acceptors (Lipinski definition) is 3. The molecule has 4 heteroatoms. The van der Waals surface area contributed by atoms with Gasteiger partial charge in [0.2, 0.25) is 5.91 Å². The highest BCUT2D eigenvalue weighted by molar-refractivity contribution is 6.01. The normalized spacial score (nSPS) is 20.8. The number of nitrogens with two attached hydrogens (primary N) is 1. The van der Waals surface area contributed by atoms with Gasteiger partial charge in [0.1, 0.15) is 11.0 Å². The highest BCUT2D eigenvalue weighted by Gasteiger charge is 2.44. The molecule has 1 saturated carbocycles. The first-order chi connectivity index (χ1) is 8.84. The van der Waals surface area contributed by atoms with Gasteiger partial charge < -0.3 is 10.5 Å². The van der Waals surface area contributed by atoms with E-state index in [0.29, 0.717) is 6.42 Å². The van der Waals surface area contributed by atoms with Crippen molar-refractivity contribution in [2.45, 2.75) is 77.7 Å². The van der Waals surface area contributed by atoms with Gasteiger partial charge in [-0.15, -0.1) is 0 Å². The molecule has 0 bridgehead atoms. The zero-order valence-electron chi connectivity index (χ0n) is 12.5. The van der Waals surface area contributed by atoms with Gasteiger partial charge in [-0.1, -0.05) is 26.2 Å². The smallest absolute Gasteiger partial charge is 0.321 e. The third-order valence-corrected chi connectivity index (χ3v) is 4.28. The minimum absolute atomic E-state index is 0.404. The van der Waals surface area contributed by atoms with Crippen LogP contribution in [0.15, 0.2) is 0 Å². The number of rotatable bonds is 7. The van der Waals surface area contributed by atoms with Crippen LogP contribution in [-0.2, 0) is 14.3 Å². The molecule has 4 nitrogen and oxygen atoms in total. The Morgan fingerprint density at radius 1 is 1.26 bits per heavy atom. The third kappa shape index (κ3) is 3.95. The summed E-state index contributed by atoms with van der Waals surface area (Å²) in [4.78, 5) is 24.0. The summed E-state index contributed by atoms with van der Waals surface area (Å²) in [6, 6.07) is 0. The summed E-state index contributed by atoms with van der Waals surface area (Å²) in [5.41, 5.74) is 3.85. The molecule has 0 radical (unpaired) electrons. The molecule has 0 aromatic rings. The number of ether oxygens (including phenoxy) is 1. The van der Waals surface area contributed by atoms with Gasteiger partial charge in [0.25, 0.3) is 0 Å². The van der Waals surface area contributed by atoms with Crippen LogP contribution in [0.2, 0.25) is 0 Å². The molecular formula is C15H27NO3. The molecule has 1 fully saturated rings. The molecule has 19 heavy (non-hydrogen) atoms. The summed E-state index contributed by atoms with van der Waals surface area (Å²) < 4.78 is 5.62. The SMILES string of the molecule is CCCCCC(C)(C(N)=O)C(=O)OC1(C)CCCC1. The molecule has 0 saturated heterocycles. The lowest BCUT2D eigenvalue weighted by atomic mass is 9.83. The first-order valence-corrected chi connectivity index (χ1v) is 7.37. The zero-order chi connectivity index (χ0) is 14.5. The van der Waals surface area contributed by atoms with Crippen molar-refractivity contribution in [3.63, 3.8) is 0 Å². The number of unbranched alkanes of at least 4 members (excludes halogenated alkanes) is 2. The molecule has 110 valence electrons. The molecule has 0 aliphatic heterocycles. The largest absolute Gasteiger partial charge is 0.459 e. The van der Waals surface area contributed by atoms with Crippen LogP contribution < -0.4 is 5.73 Å². The van der Waals surface area contributed by atoms with E-state index in [0.717, 1.165) is 44.9 Å². The maximum atomic E-state index is 12.3. The molecular weight excluding hydrogens is 242 g/mol. The summed E-state index contributed by atoms with van der Waals surface area (Å²) in [7, 11) is 0. The second-order valence-corrected chi connectivity index (χ2v) is 6.20. The average molecular weight is 269 g/mol. The van der Waals surface area contributed by atoms with E-state index >= 15 is 0 Å². The highest BCUT2D eigenvalue weighted by atomic mass is 16.6. The van der Waals surface area contributed by atoms with Crippen LogP contribution in [0.25, 0.3) is 0 Å². The molecule has 1 aliphatic rings. The van der Waals surface area contributed by atoms with Crippen LogP contribution in [0.3, 0.4) is 0 Å². The second kappa shape index (κ2) is 6.40. The predicted molar refractivity (Wildman–Crippen MR) is 74.4 cm³/mol. The lowest BCUT2D eigenvalue weighted by Crippen LogP contribution is -2.45. The summed E-state index contributed by atoms with van der Waals surface area (Å²) in [5.74, 6) is -1.02. The lowest BCUT2D eigenvalue weighted by Gasteiger charge is -2.31. The number of amides is 1. The van der Waals surface area contributed by atoms with E-state index in [1.54, 1.807) is 6.92 Å². The molecule has 1 aliphatic carbocycles. The summed E-state index contributed by atoms with van der Waals surface area (Å²) >= 11 is 0. The van der Waals surface area contributed by atoms with Gasteiger partial charge in [-0.3, -0.25) is 9.59 Å². The van der Waals surface area contributed by atoms with E-state index in [1.807, 2.05) is 6.92 Å². The fraction of sp³-hybridized carbons (Fsp3) is 0.867. The zero-order valence-corrected chi connectivity index (χ0v) is 12.5. The minimum Gasteiger partial charge on any atom is -0.459 e. The topological polar surface area (TPSA) is 69.4 Å². The van der Waals surface area contributed by atoms with Crippen LogP contribution in [-0.4, -0.2) is 17.5 Å². The van der Waals surface area contributed by atoms with Crippen molar-refractivity contribution in [2.24, 2.45) is 11.1 Å². The van der Waals surface area contributed by atoms with Crippen molar-refractivity contribution in [1.82, 2.24) is 0 Å². The van der Waals surface area contributed by atoms with Crippen LogP contribution in [0.4, 0.5) is 0 Å². The Bertz CT molecular complexity index is 334. The van der Waals surface area contributed by atoms with Gasteiger partial charge in [0, 0.05) is 0 Å². The Morgan fingerprint density at radius 3 is 2.32 bits per heavy atom. The van der Waals surface area contributed by atoms with Gasteiger partial charge in [-0.05, 0) is 46.0 Å².